The second kappa shape index (κ2) is 4.64. The first-order valence-corrected chi connectivity index (χ1v) is 7.00. The summed E-state index contributed by atoms with van der Waals surface area (Å²) in [5.41, 5.74) is 1.57. The van der Waals surface area contributed by atoms with Crippen molar-refractivity contribution in [3.63, 3.8) is 0 Å². The SMILES string of the molecule is c1cc2c(cc1-c1noc(-c3ccc4c(c3)OCO4)n1)OCO2. The average molecular weight is 310 g/mol. The van der Waals surface area contributed by atoms with E-state index in [2.05, 4.69) is 10.1 Å². The molecule has 2 aliphatic heterocycles. The van der Waals surface area contributed by atoms with E-state index in [0.29, 0.717) is 34.7 Å². The van der Waals surface area contributed by atoms with Crippen LogP contribution in [0, 0.1) is 0 Å². The van der Waals surface area contributed by atoms with Crippen LogP contribution in [0.25, 0.3) is 22.8 Å². The Morgan fingerprint density at radius 2 is 1.30 bits per heavy atom. The third-order valence-corrected chi connectivity index (χ3v) is 3.68. The van der Waals surface area contributed by atoms with Gasteiger partial charge >= 0.3 is 0 Å². The molecule has 114 valence electrons. The van der Waals surface area contributed by atoms with Gasteiger partial charge in [0.05, 0.1) is 0 Å². The Bertz CT molecular complexity index is 833. The van der Waals surface area contributed by atoms with Crippen molar-refractivity contribution in [2.75, 3.05) is 13.6 Å². The van der Waals surface area contributed by atoms with E-state index >= 15 is 0 Å². The number of nitrogens with zero attached hydrogens (tertiary/aromatic N) is 2. The molecule has 1 aromatic heterocycles. The molecule has 0 saturated heterocycles. The lowest BCUT2D eigenvalue weighted by Crippen LogP contribution is -1.92. The van der Waals surface area contributed by atoms with E-state index in [4.69, 9.17) is 23.5 Å². The number of hydrogen-bond donors (Lipinski definition) is 0. The quantitative estimate of drug-likeness (QED) is 0.720. The fourth-order valence-corrected chi connectivity index (χ4v) is 2.52. The lowest BCUT2D eigenvalue weighted by molar-refractivity contribution is 0.173. The van der Waals surface area contributed by atoms with Gasteiger partial charge in [0.1, 0.15) is 0 Å². The molecule has 3 heterocycles. The molecule has 0 unspecified atom stereocenters. The Labute approximate surface area is 130 Å². The highest BCUT2D eigenvalue weighted by molar-refractivity contribution is 5.65. The Morgan fingerprint density at radius 1 is 0.696 bits per heavy atom. The minimum Gasteiger partial charge on any atom is -0.454 e. The van der Waals surface area contributed by atoms with Gasteiger partial charge in [0.25, 0.3) is 5.89 Å². The number of hydrogen-bond acceptors (Lipinski definition) is 7. The Balaban J connectivity index is 1.51. The number of aromatic nitrogens is 2. The fourth-order valence-electron chi connectivity index (χ4n) is 2.52. The molecule has 0 spiro atoms. The molecule has 0 bridgehead atoms. The van der Waals surface area contributed by atoms with E-state index in [1.807, 2.05) is 36.4 Å². The summed E-state index contributed by atoms with van der Waals surface area (Å²) in [7, 11) is 0. The van der Waals surface area contributed by atoms with Crippen molar-refractivity contribution in [3.8, 4) is 45.8 Å². The molecule has 2 aromatic carbocycles. The van der Waals surface area contributed by atoms with Gasteiger partial charge in [0, 0.05) is 11.1 Å². The lowest BCUT2D eigenvalue weighted by atomic mass is 10.2. The normalized spacial score (nSPS) is 14.3. The van der Waals surface area contributed by atoms with E-state index in [-0.39, 0.29) is 13.6 Å². The molecule has 0 amide bonds. The van der Waals surface area contributed by atoms with Crippen molar-refractivity contribution in [3.05, 3.63) is 36.4 Å². The second-order valence-corrected chi connectivity index (χ2v) is 5.06. The zero-order chi connectivity index (χ0) is 15.2. The van der Waals surface area contributed by atoms with Crippen LogP contribution in [0.3, 0.4) is 0 Å². The Kier molecular flexibility index (Phi) is 2.49. The van der Waals surface area contributed by atoms with Gasteiger partial charge in [-0.3, -0.25) is 0 Å². The maximum atomic E-state index is 5.36. The van der Waals surface area contributed by atoms with Crippen molar-refractivity contribution in [1.29, 1.82) is 0 Å². The summed E-state index contributed by atoms with van der Waals surface area (Å²) >= 11 is 0. The third-order valence-electron chi connectivity index (χ3n) is 3.68. The Morgan fingerprint density at radius 3 is 2.04 bits per heavy atom. The molecule has 0 fully saturated rings. The minimum absolute atomic E-state index is 0.227. The van der Waals surface area contributed by atoms with Gasteiger partial charge < -0.3 is 23.5 Å². The van der Waals surface area contributed by atoms with Gasteiger partial charge in [-0.1, -0.05) is 5.16 Å². The van der Waals surface area contributed by atoms with Crippen molar-refractivity contribution in [2.24, 2.45) is 0 Å². The standard InChI is InChI=1S/C16H10N2O5/c1-3-11-13(21-7-19-11)5-9(1)15-17-16(23-18-15)10-2-4-12-14(6-10)22-8-20-12/h1-6H,7-8H2. The first-order chi connectivity index (χ1) is 11.4. The van der Waals surface area contributed by atoms with Gasteiger partial charge in [0.2, 0.25) is 19.4 Å². The van der Waals surface area contributed by atoms with Gasteiger partial charge in [-0.2, -0.15) is 4.98 Å². The summed E-state index contributed by atoms with van der Waals surface area (Å²) in [6.45, 7) is 0.457. The minimum atomic E-state index is 0.227. The number of ether oxygens (including phenoxy) is 4. The van der Waals surface area contributed by atoms with E-state index in [1.165, 1.54) is 0 Å². The highest BCUT2D eigenvalue weighted by Crippen LogP contribution is 2.37. The molecular weight excluding hydrogens is 300 g/mol. The second-order valence-electron chi connectivity index (χ2n) is 5.06. The number of benzene rings is 2. The first-order valence-electron chi connectivity index (χ1n) is 7.00. The van der Waals surface area contributed by atoms with Gasteiger partial charge in [-0.15, -0.1) is 0 Å². The van der Waals surface area contributed by atoms with Crippen molar-refractivity contribution in [2.45, 2.75) is 0 Å². The van der Waals surface area contributed by atoms with Crippen LogP contribution in [0.5, 0.6) is 23.0 Å². The molecule has 5 rings (SSSR count). The monoisotopic (exact) mass is 310 g/mol. The summed E-state index contributed by atoms with van der Waals surface area (Å²) in [4.78, 5) is 4.43. The molecule has 7 nitrogen and oxygen atoms in total. The summed E-state index contributed by atoms with van der Waals surface area (Å²) in [5, 5.41) is 4.03. The van der Waals surface area contributed by atoms with Crippen molar-refractivity contribution < 1.29 is 23.5 Å². The lowest BCUT2D eigenvalue weighted by Gasteiger charge is -1.98. The molecule has 0 radical (unpaired) electrons. The highest BCUT2D eigenvalue weighted by Gasteiger charge is 2.19. The van der Waals surface area contributed by atoms with Crippen LogP contribution < -0.4 is 18.9 Å². The first kappa shape index (κ1) is 12.3. The summed E-state index contributed by atoms with van der Waals surface area (Å²) in [5.74, 6) is 3.67. The average Bonchev–Trinajstić information content (AvgIpc) is 3.32. The van der Waals surface area contributed by atoms with Crippen LogP contribution in [-0.4, -0.2) is 23.7 Å². The number of fused-ring (bicyclic) bond motifs is 2. The van der Waals surface area contributed by atoms with Gasteiger partial charge in [0.15, 0.2) is 23.0 Å². The van der Waals surface area contributed by atoms with Crippen LogP contribution in [0.15, 0.2) is 40.9 Å². The van der Waals surface area contributed by atoms with E-state index in [1.54, 1.807) is 0 Å². The zero-order valence-corrected chi connectivity index (χ0v) is 11.8. The molecule has 0 N–H and O–H groups in total. The molecule has 0 atom stereocenters. The summed E-state index contributed by atoms with van der Waals surface area (Å²) in [6.07, 6.45) is 0. The van der Waals surface area contributed by atoms with Crippen LogP contribution in [0.4, 0.5) is 0 Å². The van der Waals surface area contributed by atoms with Gasteiger partial charge in [-0.05, 0) is 36.4 Å². The molecule has 0 saturated carbocycles. The van der Waals surface area contributed by atoms with Crippen molar-refractivity contribution >= 4 is 0 Å². The largest absolute Gasteiger partial charge is 0.454 e. The number of rotatable bonds is 2. The van der Waals surface area contributed by atoms with Crippen molar-refractivity contribution in [1.82, 2.24) is 10.1 Å². The maximum Gasteiger partial charge on any atom is 0.258 e. The van der Waals surface area contributed by atoms with Crippen LogP contribution >= 0.6 is 0 Å². The molecule has 3 aromatic rings. The van der Waals surface area contributed by atoms with E-state index in [9.17, 15) is 0 Å². The molecule has 7 heteroatoms. The topological polar surface area (TPSA) is 75.8 Å². The highest BCUT2D eigenvalue weighted by atomic mass is 16.7. The fraction of sp³-hybridized carbons (Fsp3) is 0.125. The third kappa shape index (κ3) is 1.97. The molecule has 2 aliphatic rings. The smallest absolute Gasteiger partial charge is 0.258 e. The summed E-state index contributed by atoms with van der Waals surface area (Å²) in [6, 6.07) is 11.0. The Hall–Kier alpha value is -3.22. The molecule has 0 aliphatic carbocycles. The maximum absolute atomic E-state index is 5.36. The van der Waals surface area contributed by atoms with Crippen LogP contribution in [-0.2, 0) is 0 Å². The van der Waals surface area contributed by atoms with Crippen LogP contribution in [0.2, 0.25) is 0 Å². The van der Waals surface area contributed by atoms with E-state index < -0.39 is 0 Å². The van der Waals surface area contributed by atoms with Gasteiger partial charge in [-0.25, -0.2) is 0 Å². The molecule has 23 heavy (non-hydrogen) atoms. The zero-order valence-electron chi connectivity index (χ0n) is 11.8. The predicted molar refractivity (Wildman–Crippen MR) is 77.4 cm³/mol. The van der Waals surface area contributed by atoms with E-state index in [0.717, 1.165) is 11.1 Å². The van der Waals surface area contributed by atoms with Crippen LogP contribution in [0.1, 0.15) is 0 Å². The summed E-state index contributed by atoms with van der Waals surface area (Å²) < 4.78 is 26.7. The molecular formula is C16H10N2O5. The predicted octanol–water partition coefficient (Wildman–Crippen LogP) is 2.86.